The van der Waals surface area contributed by atoms with Crippen molar-refractivity contribution in [3.8, 4) is 6.07 Å². The summed E-state index contributed by atoms with van der Waals surface area (Å²) in [6.45, 7) is 8.17. The molecule has 2 rings (SSSR count). The maximum Gasteiger partial charge on any atom is 0.491 e. The van der Waals surface area contributed by atoms with E-state index in [0.717, 1.165) is 11.0 Å². The van der Waals surface area contributed by atoms with Crippen molar-refractivity contribution in [1.29, 1.82) is 5.26 Å². The molecule has 0 radical (unpaired) electrons. The monoisotopic (exact) mass is 316 g/mol. The molecule has 1 aliphatic heterocycles. The molecule has 1 aromatic rings. The van der Waals surface area contributed by atoms with Crippen LogP contribution in [0.1, 0.15) is 38.8 Å². The number of nitriles is 1. The quantitative estimate of drug-likeness (QED) is 0.867. The van der Waals surface area contributed by atoms with E-state index in [0.29, 0.717) is 5.56 Å². The minimum absolute atomic E-state index is 0.0297. The first kappa shape index (κ1) is 17.7. The van der Waals surface area contributed by atoms with Gasteiger partial charge in [0.25, 0.3) is 0 Å². The lowest BCUT2D eigenvalue weighted by Gasteiger charge is -2.32. The average Bonchev–Trinajstić information content (AvgIpc) is 2.68. The average molecular weight is 316 g/mol. The second-order valence-corrected chi connectivity index (χ2v) is 6.70. The predicted molar refractivity (Wildman–Crippen MR) is 88.8 cm³/mol. The first-order valence-electron chi connectivity index (χ1n) is 7.62. The van der Waals surface area contributed by atoms with Gasteiger partial charge in [-0.3, -0.25) is 0 Å². The maximum atomic E-state index is 13.6. The lowest BCUT2D eigenvalue weighted by Crippen LogP contribution is -2.41. The summed E-state index contributed by atoms with van der Waals surface area (Å²) in [7, 11) is -0.533. The van der Waals surface area contributed by atoms with Gasteiger partial charge in [-0.05, 0) is 50.9 Å². The fraction of sp³-hybridized carbons (Fsp3) is 0.471. The molecule has 0 atom stereocenters. The fourth-order valence-electron chi connectivity index (χ4n) is 2.34. The molecule has 1 aromatic carbocycles. The van der Waals surface area contributed by atoms with Crippen molar-refractivity contribution in [2.45, 2.75) is 45.3 Å². The van der Waals surface area contributed by atoms with Crippen molar-refractivity contribution < 1.29 is 13.7 Å². The molecule has 23 heavy (non-hydrogen) atoms. The van der Waals surface area contributed by atoms with Gasteiger partial charge in [0.1, 0.15) is 5.82 Å². The molecule has 1 aliphatic rings. The van der Waals surface area contributed by atoms with Gasteiger partial charge < -0.3 is 15.0 Å². The summed E-state index contributed by atoms with van der Waals surface area (Å²) in [5, 5.41) is 8.76. The summed E-state index contributed by atoms with van der Waals surface area (Å²) in [6, 6.07) is 6.62. The number of hydrogen-bond donors (Lipinski definition) is 1. The third kappa shape index (κ3) is 3.64. The highest BCUT2D eigenvalue weighted by molar-refractivity contribution is 6.55. The first-order chi connectivity index (χ1) is 10.7. The Hall–Kier alpha value is -1.68. The summed E-state index contributed by atoms with van der Waals surface area (Å²) in [4.78, 5) is 0. The summed E-state index contributed by atoms with van der Waals surface area (Å²) >= 11 is 0. The number of nitrogens with zero attached hydrogens (tertiary/aromatic N) is 1. The van der Waals surface area contributed by atoms with Gasteiger partial charge in [-0.2, -0.15) is 5.26 Å². The maximum absolute atomic E-state index is 13.6. The van der Waals surface area contributed by atoms with Crippen LogP contribution in [0.15, 0.2) is 23.7 Å². The zero-order chi connectivity index (χ0) is 17.3. The SMILES string of the molecule is CC1(C)OB(C(=Cc2ccc(F)c(CC#N)c2)CN)OC1(C)C. The van der Waals surface area contributed by atoms with Crippen molar-refractivity contribution in [2.24, 2.45) is 5.73 Å². The third-order valence-corrected chi connectivity index (χ3v) is 4.48. The summed E-state index contributed by atoms with van der Waals surface area (Å²) in [5.41, 5.74) is 6.88. The van der Waals surface area contributed by atoms with Gasteiger partial charge >= 0.3 is 7.12 Å². The molecule has 2 N–H and O–H groups in total. The Labute approximate surface area is 137 Å². The van der Waals surface area contributed by atoms with E-state index >= 15 is 0 Å². The van der Waals surface area contributed by atoms with Crippen molar-refractivity contribution in [1.82, 2.24) is 0 Å². The van der Waals surface area contributed by atoms with Gasteiger partial charge in [0.2, 0.25) is 0 Å². The van der Waals surface area contributed by atoms with Crippen LogP contribution in [0.5, 0.6) is 0 Å². The van der Waals surface area contributed by atoms with Crippen LogP contribution in [0.2, 0.25) is 0 Å². The van der Waals surface area contributed by atoms with E-state index < -0.39 is 18.3 Å². The molecule has 0 aromatic heterocycles. The second kappa shape index (κ2) is 6.44. The van der Waals surface area contributed by atoms with E-state index in [-0.39, 0.29) is 18.8 Å². The van der Waals surface area contributed by atoms with Crippen LogP contribution in [0.3, 0.4) is 0 Å². The Morgan fingerprint density at radius 2 is 1.91 bits per heavy atom. The van der Waals surface area contributed by atoms with Crippen molar-refractivity contribution in [3.63, 3.8) is 0 Å². The Balaban J connectivity index is 2.30. The standard InChI is InChI=1S/C17H22BFN2O2/c1-16(2)17(3,4)23-18(22-16)14(11-21)10-12-5-6-15(19)13(9-12)7-8-20/h5-6,9-10H,7,11,21H2,1-4H3. The topological polar surface area (TPSA) is 68.3 Å². The van der Waals surface area contributed by atoms with E-state index in [4.69, 9.17) is 20.3 Å². The van der Waals surface area contributed by atoms with Gasteiger partial charge in [-0.25, -0.2) is 4.39 Å². The molecule has 122 valence electrons. The molecular formula is C17H22BFN2O2. The number of rotatable bonds is 4. The van der Waals surface area contributed by atoms with Gasteiger partial charge in [0, 0.05) is 12.1 Å². The number of hydrogen-bond acceptors (Lipinski definition) is 4. The highest BCUT2D eigenvalue weighted by Gasteiger charge is 2.52. The van der Waals surface area contributed by atoms with E-state index in [9.17, 15) is 4.39 Å². The van der Waals surface area contributed by atoms with E-state index in [1.165, 1.54) is 6.07 Å². The predicted octanol–water partition coefficient (Wildman–Crippen LogP) is 2.87. The van der Waals surface area contributed by atoms with Crippen LogP contribution >= 0.6 is 0 Å². The van der Waals surface area contributed by atoms with Crippen LogP contribution < -0.4 is 5.73 Å². The molecule has 0 spiro atoms. The van der Waals surface area contributed by atoms with E-state index in [1.807, 2.05) is 39.8 Å². The Morgan fingerprint density at radius 3 is 2.43 bits per heavy atom. The van der Waals surface area contributed by atoms with Crippen LogP contribution in [-0.4, -0.2) is 24.9 Å². The van der Waals surface area contributed by atoms with Crippen LogP contribution in [-0.2, 0) is 15.7 Å². The second-order valence-electron chi connectivity index (χ2n) is 6.70. The summed E-state index contributed by atoms with van der Waals surface area (Å²) in [5.74, 6) is -0.381. The van der Waals surface area contributed by atoms with Gasteiger partial charge in [-0.1, -0.05) is 12.1 Å². The van der Waals surface area contributed by atoms with Gasteiger partial charge in [-0.15, -0.1) is 0 Å². The molecule has 1 heterocycles. The summed E-state index contributed by atoms with van der Waals surface area (Å²) < 4.78 is 25.6. The van der Waals surface area contributed by atoms with Crippen molar-refractivity contribution >= 4 is 13.2 Å². The van der Waals surface area contributed by atoms with Crippen LogP contribution in [0.25, 0.3) is 6.08 Å². The van der Waals surface area contributed by atoms with Crippen LogP contribution in [0.4, 0.5) is 4.39 Å². The zero-order valence-corrected chi connectivity index (χ0v) is 14.0. The highest BCUT2D eigenvalue weighted by Crippen LogP contribution is 2.38. The molecule has 0 saturated carbocycles. The van der Waals surface area contributed by atoms with Gasteiger partial charge in [0.15, 0.2) is 0 Å². The van der Waals surface area contributed by atoms with Crippen LogP contribution in [0, 0.1) is 17.1 Å². The highest BCUT2D eigenvalue weighted by atomic mass is 19.1. The lowest BCUT2D eigenvalue weighted by atomic mass is 9.77. The Morgan fingerprint density at radius 1 is 1.30 bits per heavy atom. The zero-order valence-electron chi connectivity index (χ0n) is 14.0. The molecule has 0 aliphatic carbocycles. The largest absolute Gasteiger partial charge is 0.491 e. The molecular weight excluding hydrogens is 294 g/mol. The first-order valence-corrected chi connectivity index (χ1v) is 7.62. The third-order valence-electron chi connectivity index (χ3n) is 4.48. The molecule has 6 heteroatoms. The molecule has 1 fully saturated rings. The smallest absolute Gasteiger partial charge is 0.400 e. The molecule has 0 bridgehead atoms. The Bertz CT molecular complexity index is 649. The van der Waals surface area contributed by atoms with E-state index in [2.05, 4.69) is 0 Å². The van der Waals surface area contributed by atoms with Gasteiger partial charge in [0.05, 0.1) is 23.7 Å². The number of nitrogens with two attached hydrogens (primary N) is 1. The summed E-state index contributed by atoms with van der Waals surface area (Å²) in [6.07, 6.45) is 1.87. The molecule has 0 unspecified atom stereocenters. The lowest BCUT2D eigenvalue weighted by molar-refractivity contribution is 0.00578. The minimum Gasteiger partial charge on any atom is -0.400 e. The molecule has 1 saturated heterocycles. The van der Waals surface area contributed by atoms with E-state index in [1.54, 1.807) is 12.1 Å². The number of benzene rings is 1. The number of halogens is 1. The Kier molecular flexibility index (Phi) is 4.95. The van der Waals surface area contributed by atoms with Crippen molar-refractivity contribution in [2.75, 3.05) is 6.54 Å². The minimum atomic E-state index is -0.533. The molecule has 0 amide bonds. The fourth-order valence-corrected chi connectivity index (χ4v) is 2.34. The molecule has 4 nitrogen and oxygen atoms in total. The van der Waals surface area contributed by atoms with Crippen molar-refractivity contribution in [3.05, 3.63) is 40.6 Å². The normalized spacial score (nSPS) is 19.7.